The first-order chi connectivity index (χ1) is 16.6. The number of nitrogens with one attached hydrogen (secondary N) is 1. The van der Waals surface area contributed by atoms with Gasteiger partial charge in [0, 0.05) is 29.0 Å². The van der Waals surface area contributed by atoms with Crippen LogP contribution in [0.5, 0.6) is 0 Å². The molecule has 9 heteroatoms. The maximum Gasteiger partial charge on any atom is 0.252 e. The Bertz CT molecular complexity index is 1420. The van der Waals surface area contributed by atoms with E-state index < -0.39 is 0 Å². The van der Waals surface area contributed by atoms with Crippen LogP contribution in [0.4, 0.5) is 0 Å². The number of hydrogen-bond acceptors (Lipinski definition) is 7. The molecule has 174 valence electrons. The number of aromatic nitrogens is 5. The summed E-state index contributed by atoms with van der Waals surface area (Å²) in [7, 11) is 0. The summed E-state index contributed by atoms with van der Waals surface area (Å²) in [5.41, 5.74) is 2.65. The van der Waals surface area contributed by atoms with Crippen LogP contribution >= 0.6 is 11.3 Å². The third kappa shape index (κ3) is 4.71. The fraction of sp³-hybridized carbons (Fsp3) is 0.280. The minimum atomic E-state index is -0.0836. The molecule has 4 aromatic heterocycles. The van der Waals surface area contributed by atoms with Crippen molar-refractivity contribution in [3.8, 4) is 0 Å². The summed E-state index contributed by atoms with van der Waals surface area (Å²) < 4.78 is 7.29. The Labute approximate surface area is 200 Å². The number of furan rings is 1. The average Bonchev–Trinajstić information content (AvgIpc) is 3.60. The molecule has 0 fully saturated rings. The molecule has 0 radical (unpaired) electrons. The van der Waals surface area contributed by atoms with Crippen LogP contribution in [0.25, 0.3) is 10.9 Å². The highest BCUT2D eigenvalue weighted by atomic mass is 32.1. The summed E-state index contributed by atoms with van der Waals surface area (Å²) in [6.07, 6.45) is 2.43. The first kappa shape index (κ1) is 22.2. The van der Waals surface area contributed by atoms with E-state index >= 15 is 0 Å². The number of pyridine rings is 1. The summed E-state index contributed by atoms with van der Waals surface area (Å²) in [6, 6.07) is 15.9. The van der Waals surface area contributed by atoms with Gasteiger partial charge in [0.2, 0.25) is 0 Å². The van der Waals surface area contributed by atoms with Gasteiger partial charge in [-0.2, -0.15) is 0 Å². The lowest BCUT2D eigenvalue weighted by atomic mass is 10.1. The second-order valence-electron chi connectivity index (χ2n) is 8.40. The molecule has 0 aliphatic carbocycles. The molecule has 34 heavy (non-hydrogen) atoms. The van der Waals surface area contributed by atoms with Crippen molar-refractivity contribution >= 4 is 22.2 Å². The first-order valence-electron chi connectivity index (χ1n) is 11.3. The predicted molar refractivity (Wildman–Crippen MR) is 132 cm³/mol. The third-order valence-corrected chi connectivity index (χ3v) is 6.82. The minimum absolute atomic E-state index is 0.0717. The van der Waals surface area contributed by atoms with Gasteiger partial charge in [0.15, 0.2) is 5.82 Å². The van der Waals surface area contributed by atoms with E-state index in [1.165, 1.54) is 4.88 Å². The number of nitrogens with zero attached hydrogens (tertiary/aromatic N) is 5. The van der Waals surface area contributed by atoms with Crippen LogP contribution in [0.1, 0.15) is 47.0 Å². The molecule has 5 rings (SSSR count). The molecule has 0 bridgehead atoms. The monoisotopic (exact) mass is 474 g/mol. The molecule has 8 nitrogen and oxygen atoms in total. The van der Waals surface area contributed by atoms with Gasteiger partial charge >= 0.3 is 0 Å². The summed E-state index contributed by atoms with van der Waals surface area (Å²) in [5, 5.41) is 15.7. The number of rotatable bonds is 9. The lowest BCUT2D eigenvalue weighted by Gasteiger charge is -2.29. The summed E-state index contributed by atoms with van der Waals surface area (Å²) in [4.78, 5) is 19.5. The van der Waals surface area contributed by atoms with Crippen molar-refractivity contribution in [2.24, 2.45) is 0 Å². The number of aromatic amines is 1. The molecule has 1 atom stereocenters. The molecule has 0 aliphatic rings. The van der Waals surface area contributed by atoms with Gasteiger partial charge in [-0.25, -0.2) is 4.68 Å². The molecular weight excluding hydrogens is 448 g/mol. The molecule has 1 aromatic carbocycles. The van der Waals surface area contributed by atoms with E-state index in [1.807, 2.05) is 36.4 Å². The standard InChI is InChI=1S/C25H26N6O2S/c1-3-23(24-27-28-29-31(24)15-20-6-4-10-33-20)30(16-21-7-5-11-34-21)14-19-13-18-12-17(2)8-9-22(18)26-25(19)32/h4-13,23H,3,14-16H2,1-2H3,(H,26,32). The van der Waals surface area contributed by atoms with Gasteiger partial charge in [-0.3, -0.25) is 9.69 Å². The van der Waals surface area contributed by atoms with Crippen LogP contribution in [0, 0.1) is 6.92 Å². The molecular formula is C25H26N6O2S. The van der Waals surface area contributed by atoms with Crippen LogP contribution < -0.4 is 5.56 Å². The van der Waals surface area contributed by atoms with E-state index in [9.17, 15) is 4.79 Å². The summed E-state index contributed by atoms with van der Waals surface area (Å²) >= 11 is 1.70. The second kappa shape index (κ2) is 9.74. The van der Waals surface area contributed by atoms with Crippen LogP contribution in [0.3, 0.4) is 0 Å². The van der Waals surface area contributed by atoms with Gasteiger partial charge in [-0.15, -0.1) is 16.4 Å². The molecule has 5 aromatic rings. The van der Waals surface area contributed by atoms with Crippen molar-refractivity contribution in [1.82, 2.24) is 30.1 Å². The van der Waals surface area contributed by atoms with E-state index in [0.29, 0.717) is 19.6 Å². The zero-order chi connectivity index (χ0) is 23.5. The van der Waals surface area contributed by atoms with E-state index in [-0.39, 0.29) is 11.6 Å². The van der Waals surface area contributed by atoms with Crippen molar-refractivity contribution in [3.05, 3.63) is 98.1 Å². The number of benzene rings is 1. The molecule has 0 spiro atoms. The van der Waals surface area contributed by atoms with Crippen molar-refractivity contribution in [2.75, 3.05) is 0 Å². The van der Waals surface area contributed by atoms with Crippen molar-refractivity contribution in [2.45, 2.75) is 45.9 Å². The third-order valence-electron chi connectivity index (χ3n) is 5.96. The van der Waals surface area contributed by atoms with Gasteiger partial charge in [0.05, 0.1) is 12.3 Å². The Morgan fingerprint density at radius 2 is 2.09 bits per heavy atom. The average molecular weight is 475 g/mol. The number of hydrogen-bond donors (Lipinski definition) is 1. The van der Waals surface area contributed by atoms with Gasteiger partial charge in [0.1, 0.15) is 12.3 Å². The summed E-state index contributed by atoms with van der Waals surface area (Å²) in [6.45, 7) is 5.79. The van der Waals surface area contributed by atoms with Crippen LogP contribution in [-0.4, -0.2) is 30.1 Å². The van der Waals surface area contributed by atoms with Crippen LogP contribution in [0.2, 0.25) is 0 Å². The number of tetrazole rings is 1. The molecule has 1 N–H and O–H groups in total. The van der Waals surface area contributed by atoms with Crippen molar-refractivity contribution < 1.29 is 4.42 Å². The highest BCUT2D eigenvalue weighted by molar-refractivity contribution is 7.09. The number of thiophene rings is 1. The van der Waals surface area contributed by atoms with Gasteiger partial charge < -0.3 is 9.40 Å². The summed E-state index contributed by atoms with van der Waals surface area (Å²) in [5.74, 6) is 1.54. The van der Waals surface area contributed by atoms with Gasteiger partial charge in [-0.05, 0) is 70.9 Å². The maximum atomic E-state index is 13.0. The molecule has 0 amide bonds. The maximum absolute atomic E-state index is 13.0. The van der Waals surface area contributed by atoms with E-state index in [1.54, 1.807) is 22.3 Å². The van der Waals surface area contributed by atoms with E-state index in [2.05, 4.69) is 56.8 Å². The zero-order valence-corrected chi connectivity index (χ0v) is 20.0. The Hall–Kier alpha value is -3.56. The Kier molecular flexibility index (Phi) is 6.37. The quantitative estimate of drug-likeness (QED) is 0.333. The lowest BCUT2D eigenvalue weighted by molar-refractivity contribution is 0.162. The van der Waals surface area contributed by atoms with Crippen LogP contribution in [0.15, 0.2) is 69.4 Å². The highest BCUT2D eigenvalue weighted by Crippen LogP contribution is 2.28. The molecule has 1 unspecified atom stereocenters. The van der Waals surface area contributed by atoms with E-state index in [0.717, 1.165) is 40.0 Å². The van der Waals surface area contributed by atoms with Crippen molar-refractivity contribution in [1.29, 1.82) is 0 Å². The first-order valence-corrected chi connectivity index (χ1v) is 12.2. The second-order valence-corrected chi connectivity index (χ2v) is 9.43. The molecule has 0 saturated heterocycles. The number of aryl methyl sites for hydroxylation is 1. The minimum Gasteiger partial charge on any atom is -0.467 e. The molecule has 0 aliphatic heterocycles. The largest absolute Gasteiger partial charge is 0.467 e. The number of fused-ring (bicyclic) bond motifs is 1. The molecule has 0 saturated carbocycles. The Morgan fingerprint density at radius 3 is 2.85 bits per heavy atom. The smallest absolute Gasteiger partial charge is 0.252 e. The van der Waals surface area contributed by atoms with Crippen LogP contribution in [-0.2, 0) is 19.6 Å². The molecule has 4 heterocycles. The highest BCUT2D eigenvalue weighted by Gasteiger charge is 2.26. The SMILES string of the molecule is CCC(c1nnnn1Cc1ccco1)N(Cc1cccs1)Cc1cc2cc(C)ccc2[nH]c1=O. The van der Waals surface area contributed by atoms with Crippen molar-refractivity contribution in [3.63, 3.8) is 0 Å². The zero-order valence-electron chi connectivity index (χ0n) is 19.1. The normalized spacial score (nSPS) is 12.6. The Morgan fingerprint density at radius 1 is 1.18 bits per heavy atom. The van der Waals surface area contributed by atoms with Gasteiger partial charge in [0.25, 0.3) is 5.56 Å². The fourth-order valence-electron chi connectivity index (χ4n) is 4.30. The Balaban J connectivity index is 1.51. The topological polar surface area (TPSA) is 92.8 Å². The van der Waals surface area contributed by atoms with E-state index in [4.69, 9.17) is 4.42 Å². The van der Waals surface area contributed by atoms with Gasteiger partial charge in [-0.1, -0.05) is 24.6 Å². The predicted octanol–water partition coefficient (Wildman–Crippen LogP) is 4.68. The lowest BCUT2D eigenvalue weighted by Crippen LogP contribution is -2.32. The fourth-order valence-corrected chi connectivity index (χ4v) is 5.03. The number of H-pyrrole nitrogens is 1.